The van der Waals surface area contributed by atoms with Crippen LogP contribution in [0.3, 0.4) is 0 Å². The SMILES string of the molecule is C=C(/C=C\C=C/C)CC(NC(=O)OCc1ccccc1)C(=O)NC(CCC(=O)CBr)C(=O)OC(C)(C)C.COC(C)(C)C.COCC(CCC(=O)O)NC(=O)C(Cc1ccccc1)NC(=O)OCc1ccccc1.Cc1ccccc1.Cc1ccccc1. The molecule has 0 spiro atoms. The number of ketones is 1. The number of aliphatic carboxylic acids is 1. The number of carboxylic acid groups (broad SMARTS) is 1. The number of halogens is 1. The van der Waals surface area contributed by atoms with E-state index in [1.165, 1.54) is 18.2 Å². The molecule has 0 saturated carbocycles. The van der Waals surface area contributed by atoms with Crippen LogP contribution in [-0.2, 0) is 67.3 Å². The number of alkyl halides is 1. The van der Waals surface area contributed by atoms with Gasteiger partial charge in [0.1, 0.15) is 42.7 Å². The summed E-state index contributed by atoms with van der Waals surface area (Å²) in [6, 6.07) is 44.6. The second kappa shape index (κ2) is 45.1. The highest BCUT2D eigenvalue weighted by Gasteiger charge is 2.31. The Balaban J connectivity index is 0.000000669. The molecule has 5 aromatic carbocycles. The first-order valence-electron chi connectivity index (χ1n) is 28.9. The molecule has 0 fully saturated rings. The maximum atomic E-state index is 13.3. The van der Waals surface area contributed by atoms with Crippen molar-refractivity contribution in [1.29, 1.82) is 0 Å². The van der Waals surface area contributed by atoms with Crippen molar-refractivity contribution in [3.05, 3.63) is 216 Å². The number of nitrogens with one attached hydrogen (secondary N) is 4. The van der Waals surface area contributed by atoms with Gasteiger partial charge in [0.25, 0.3) is 0 Å². The first-order chi connectivity index (χ1) is 41.8. The first-order valence-corrected chi connectivity index (χ1v) is 30.1. The molecule has 5 rings (SSSR count). The van der Waals surface area contributed by atoms with E-state index in [2.05, 4.69) is 81.9 Å². The minimum atomic E-state index is -1.08. The number of benzene rings is 5. The van der Waals surface area contributed by atoms with E-state index in [1.54, 1.807) is 46.1 Å². The number of allylic oxidation sites excluding steroid dienone is 4. The Labute approximate surface area is 530 Å². The van der Waals surface area contributed by atoms with Crippen molar-refractivity contribution >= 4 is 57.7 Å². The molecule has 478 valence electrons. The number of Topliss-reactive ketones (excluding diaryl/α,β-unsaturated/α-hetero) is 1. The van der Waals surface area contributed by atoms with Crippen LogP contribution in [0, 0.1) is 13.8 Å². The number of methoxy groups -OCH3 is 2. The lowest BCUT2D eigenvalue weighted by molar-refractivity contribution is -0.159. The fourth-order valence-corrected chi connectivity index (χ4v) is 7.33. The third kappa shape index (κ3) is 41.0. The molecule has 0 aromatic heterocycles. The largest absolute Gasteiger partial charge is 0.481 e. The van der Waals surface area contributed by atoms with E-state index in [0.29, 0.717) is 5.57 Å². The van der Waals surface area contributed by atoms with Crippen molar-refractivity contribution in [2.45, 2.75) is 149 Å². The minimum absolute atomic E-state index is 0.0261. The average molecular weight is 1280 g/mol. The number of esters is 1. The van der Waals surface area contributed by atoms with Gasteiger partial charge in [-0.25, -0.2) is 14.4 Å². The van der Waals surface area contributed by atoms with Gasteiger partial charge in [0.05, 0.1) is 23.6 Å². The molecule has 4 amide bonds. The molecular weight excluding hydrogens is 1180 g/mol. The molecule has 0 aliphatic rings. The van der Waals surface area contributed by atoms with E-state index < -0.39 is 65.7 Å². The summed E-state index contributed by atoms with van der Waals surface area (Å²) in [5.41, 5.74) is 4.95. The Bertz CT molecular complexity index is 2810. The number of hydrogen-bond donors (Lipinski definition) is 5. The van der Waals surface area contributed by atoms with Crippen LogP contribution in [-0.4, -0.2) is 108 Å². The zero-order valence-corrected chi connectivity index (χ0v) is 54.6. The quantitative estimate of drug-likeness (QED) is 0.0150. The second-order valence-corrected chi connectivity index (χ2v) is 22.5. The van der Waals surface area contributed by atoms with Crippen molar-refractivity contribution in [3.63, 3.8) is 0 Å². The van der Waals surface area contributed by atoms with E-state index in [0.717, 1.165) is 16.7 Å². The molecule has 0 aliphatic carbocycles. The van der Waals surface area contributed by atoms with Crippen LogP contribution in [0.25, 0.3) is 0 Å². The van der Waals surface area contributed by atoms with Gasteiger partial charge in [-0.2, -0.15) is 0 Å². The molecule has 0 bridgehead atoms. The van der Waals surface area contributed by atoms with Gasteiger partial charge in [-0.15, -0.1) is 0 Å². The topological polar surface area (TPSA) is 234 Å². The maximum absolute atomic E-state index is 13.3. The molecule has 0 radical (unpaired) electrons. The number of aryl methyl sites for hydroxylation is 2. The van der Waals surface area contributed by atoms with Crippen LogP contribution >= 0.6 is 15.9 Å². The predicted molar refractivity (Wildman–Crippen MR) is 351 cm³/mol. The third-order valence-electron chi connectivity index (χ3n) is 11.8. The van der Waals surface area contributed by atoms with Gasteiger partial charge in [0.2, 0.25) is 11.8 Å². The number of amides is 4. The Morgan fingerprint density at radius 2 is 1.00 bits per heavy atom. The molecule has 0 aliphatic heterocycles. The third-order valence-corrected chi connectivity index (χ3v) is 12.4. The van der Waals surface area contributed by atoms with E-state index in [9.17, 15) is 33.6 Å². The number of hydrogen-bond acceptors (Lipinski definition) is 12. The van der Waals surface area contributed by atoms with Crippen molar-refractivity contribution < 1.29 is 62.4 Å². The molecule has 5 aromatic rings. The summed E-state index contributed by atoms with van der Waals surface area (Å²) < 4.78 is 26.0. The number of ether oxygens (including phenoxy) is 5. The van der Waals surface area contributed by atoms with Gasteiger partial charge < -0.3 is 50.1 Å². The lowest BCUT2D eigenvalue weighted by Crippen LogP contribution is -2.52. The zero-order valence-electron chi connectivity index (χ0n) is 53.1. The van der Waals surface area contributed by atoms with Crippen LogP contribution in [0.2, 0.25) is 0 Å². The summed E-state index contributed by atoms with van der Waals surface area (Å²) in [5, 5.41) is 19.6. The number of alkyl carbamates (subject to hydrolysis) is 2. The summed E-state index contributed by atoms with van der Waals surface area (Å²) in [7, 11) is 3.18. The average Bonchev–Trinajstić information content (AvgIpc) is 3.58. The van der Waals surface area contributed by atoms with Gasteiger partial charge in [0.15, 0.2) is 0 Å². The van der Waals surface area contributed by atoms with Gasteiger partial charge in [0, 0.05) is 39.9 Å². The van der Waals surface area contributed by atoms with E-state index in [1.807, 2.05) is 161 Å². The molecule has 17 nitrogen and oxygen atoms in total. The maximum Gasteiger partial charge on any atom is 0.408 e. The first kappa shape index (κ1) is 77.8. The van der Waals surface area contributed by atoms with Crippen molar-refractivity contribution in [1.82, 2.24) is 21.3 Å². The summed E-state index contributed by atoms with van der Waals surface area (Å²) in [5.74, 6) is -2.81. The van der Waals surface area contributed by atoms with Gasteiger partial charge in [-0.3, -0.25) is 19.2 Å². The van der Waals surface area contributed by atoms with E-state index in [4.69, 9.17) is 28.8 Å². The highest BCUT2D eigenvalue weighted by Crippen LogP contribution is 2.14. The number of rotatable bonds is 26. The number of carbonyl (C=O) groups is 7. The minimum Gasteiger partial charge on any atom is -0.481 e. The molecule has 0 heterocycles. The van der Waals surface area contributed by atoms with Gasteiger partial charge >= 0.3 is 24.1 Å². The number of carbonyl (C=O) groups excluding carboxylic acids is 6. The Hall–Kier alpha value is -8.19. The smallest absolute Gasteiger partial charge is 0.408 e. The molecule has 88 heavy (non-hydrogen) atoms. The molecule has 5 N–H and O–H groups in total. The lowest BCUT2D eigenvalue weighted by Gasteiger charge is -2.26. The molecule has 4 atom stereocenters. The normalized spacial score (nSPS) is 12.1. The highest BCUT2D eigenvalue weighted by atomic mass is 79.9. The Kier molecular flexibility index (Phi) is 39.9. The molecular formula is C70H93BrN4O13. The van der Waals surface area contributed by atoms with Crippen molar-refractivity contribution in [3.8, 4) is 0 Å². The van der Waals surface area contributed by atoms with Gasteiger partial charge in [-0.05, 0) is 91.8 Å². The number of carboxylic acids is 1. The summed E-state index contributed by atoms with van der Waals surface area (Å²) in [6.45, 7) is 21.4. The Morgan fingerprint density at radius 3 is 1.39 bits per heavy atom. The van der Waals surface area contributed by atoms with Crippen LogP contribution in [0.5, 0.6) is 0 Å². The van der Waals surface area contributed by atoms with Gasteiger partial charge in [-0.1, -0.05) is 215 Å². The summed E-state index contributed by atoms with van der Waals surface area (Å²) in [4.78, 5) is 86.5. The van der Waals surface area contributed by atoms with E-state index in [-0.39, 0.29) is 75.1 Å². The van der Waals surface area contributed by atoms with Crippen LogP contribution in [0.4, 0.5) is 9.59 Å². The molecule has 18 heteroatoms. The second-order valence-electron chi connectivity index (χ2n) is 22.0. The Morgan fingerprint density at radius 1 is 0.568 bits per heavy atom. The molecule has 4 unspecified atom stereocenters. The fraction of sp³-hybridized carbons (Fsp3) is 0.386. The lowest BCUT2D eigenvalue weighted by atomic mass is 10.0. The zero-order chi connectivity index (χ0) is 65.8. The highest BCUT2D eigenvalue weighted by molar-refractivity contribution is 9.09. The van der Waals surface area contributed by atoms with E-state index >= 15 is 0 Å². The summed E-state index contributed by atoms with van der Waals surface area (Å²) >= 11 is 3.10. The van der Waals surface area contributed by atoms with Crippen molar-refractivity contribution in [2.75, 3.05) is 26.2 Å². The van der Waals surface area contributed by atoms with Crippen LogP contribution < -0.4 is 21.3 Å². The van der Waals surface area contributed by atoms with Crippen molar-refractivity contribution in [2.24, 2.45) is 0 Å². The predicted octanol–water partition coefficient (Wildman–Crippen LogP) is 12.9. The standard InChI is InChI=1S/C28H37BrN2O6.C23H28N2O6.2C7H8.C5H12O/c1-6-7-9-12-20(2)17-24(31-27(35)36-19-21-13-10-8-11-14-21)25(33)30-23(16-15-22(32)18-29)26(34)37-28(3,4)5;1-30-16-19(12-13-21(26)27)24-22(28)20(14-17-8-4-2-5-9-17)25-23(29)31-15-18-10-6-3-7-11-18;2*1-7-5-3-2-4-6-7;1-5(2,3)6-4/h6-14,23-24H,2,15-19H2,1,3-5H3,(H,30,33)(H,31,35);2-11,19-20H,12-16H2,1H3,(H,24,28)(H,25,29)(H,26,27);2*2-6H,1H3;1-4H3/b7-6-,12-9-;;;;. The van der Waals surface area contributed by atoms with Crippen LogP contribution in [0.1, 0.15) is 108 Å². The fourth-order valence-electron chi connectivity index (χ4n) is 7.05. The molecule has 0 saturated heterocycles. The van der Waals surface area contributed by atoms with Crippen LogP contribution in [0.15, 0.2) is 188 Å². The monoisotopic (exact) mass is 1280 g/mol. The summed E-state index contributed by atoms with van der Waals surface area (Å²) in [6.07, 6.45) is 6.17.